The number of carbonyl (C=O) groups is 4. The van der Waals surface area contributed by atoms with Crippen LogP contribution in [0.15, 0.2) is 17.1 Å². The molecule has 1 fully saturated rings. The summed E-state index contributed by atoms with van der Waals surface area (Å²) in [6.45, 7) is 3.43. The number of halogens is 1. The molecule has 1 aliphatic rings. The van der Waals surface area contributed by atoms with Crippen LogP contribution in [0.4, 0.5) is 5.82 Å². The largest absolute Gasteiger partial charge is 0.478 e. The Kier molecular flexibility index (Phi) is 8.05. The fourth-order valence-electron chi connectivity index (χ4n) is 2.79. The van der Waals surface area contributed by atoms with Gasteiger partial charge in [0.15, 0.2) is 12.3 Å². The zero-order valence-electron chi connectivity index (χ0n) is 16.7. The number of aromatic nitrogens is 2. The van der Waals surface area contributed by atoms with Gasteiger partial charge in [0.1, 0.15) is 18.5 Å². The zero-order valence-corrected chi connectivity index (χ0v) is 18.3. The summed E-state index contributed by atoms with van der Waals surface area (Å²) in [6.07, 6.45) is 0.215. The molecule has 168 valence electrons. The molecule has 1 saturated heterocycles. The minimum absolute atomic E-state index is 0.0944. The number of anilines is 1. The smallest absolute Gasteiger partial charge is 0.351 e. The molecular formula is C18H20BrN3O9. The van der Waals surface area contributed by atoms with E-state index in [1.807, 2.05) is 0 Å². The Balaban J connectivity index is 2.51. The highest BCUT2D eigenvalue weighted by Crippen LogP contribution is 2.36. The lowest BCUT2D eigenvalue weighted by Crippen LogP contribution is -2.37. The molecule has 12 nitrogen and oxygen atoms in total. The first-order valence-electron chi connectivity index (χ1n) is 8.91. The molecule has 13 heteroatoms. The van der Waals surface area contributed by atoms with Gasteiger partial charge in [-0.1, -0.05) is 15.9 Å². The first-order valence-corrected chi connectivity index (χ1v) is 9.83. The van der Waals surface area contributed by atoms with Crippen molar-refractivity contribution in [1.29, 1.82) is 0 Å². The van der Waals surface area contributed by atoms with Gasteiger partial charge < -0.3 is 24.6 Å². The average molecular weight is 502 g/mol. The Hall–Kier alpha value is -3.06. The quantitative estimate of drug-likeness (QED) is 0.304. The van der Waals surface area contributed by atoms with E-state index in [9.17, 15) is 24.0 Å². The molecule has 31 heavy (non-hydrogen) atoms. The normalized spacial score (nSPS) is 22.8. The first-order chi connectivity index (χ1) is 14.5. The second-order valence-corrected chi connectivity index (χ2v) is 7.53. The molecule has 2 heterocycles. The van der Waals surface area contributed by atoms with Crippen LogP contribution in [0.5, 0.6) is 0 Å². The van der Waals surface area contributed by atoms with E-state index in [0.717, 1.165) is 16.7 Å². The molecule has 0 spiro atoms. The van der Waals surface area contributed by atoms with Gasteiger partial charge in [-0.25, -0.2) is 9.59 Å². The summed E-state index contributed by atoms with van der Waals surface area (Å²) >= 11 is 3.35. The Morgan fingerprint density at radius 1 is 1.29 bits per heavy atom. The van der Waals surface area contributed by atoms with Gasteiger partial charge >= 0.3 is 23.6 Å². The number of carboxylic acid groups (broad SMARTS) is 1. The molecule has 0 unspecified atom stereocenters. The van der Waals surface area contributed by atoms with Gasteiger partial charge in [0, 0.05) is 38.6 Å². The van der Waals surface area contributed by atoms with Crippen LogP contribution in [0.2, 0.25) is 0 Å². The fraction of sp³-hybridized carbons (Fsp3) is 0.444. The second-order valence-electron chi connectivity index (χ2n) is 6.47. The second kappa shape index (κ2) is 10.3. The molecule has 2 N–H and O–H groups in total. The third-order valence-electron chi connectivity index (χ3n) is 3.97. The monoisotopic (exact) mass is 501 g/mol. The van der Waals surface area contributed by atoms with E-state index in [2.05, 4.69) is 26.2 Å². The minimum atomic E-state index is -1.26. The summed E-state index contributed by atoms with van der Waals surface area (Å²) in [5, 5.41) is 11.3. The number of carbonyl (C=O) groups excluding carboxylic acids is 3. The van der Waals surface area contributed by atoms with Crippen molar-refractivity contribution in [3.05, 3.63) is 28.3 Å². The number of hydrogen-bond donors (Lipinski definition) is 2. The molecule has 1 aromatic heterocycles. The van der Waals surface area contributed by atoms with Gasteiger partial charge in [-0.05, 0) is 6.08 Å². The van der Waals surface area contributed by atoms with Gasteiger partial charge in [-0.3, -0.25) is 19.0 Å². The summed E-state index contributed by atoms with van der Waals surface area (Å²) in [5.41, 5.74) is -0.761. The number of rotatable bonds is 7. The number of nitrogens with one attached hydrogen (secondary N) is 1. The number of amides is 1. The Morgan fingerprint density at radius 2 is 1.97 bits per heavy atom. The lowest BCUT2D eigenvalue weighted by atomic mass is 10.2. The predicted molar refractivity (Wildman–Crippen MR) is 108 cm³/mol. The maximum absolute atomic E-state index is 12.6. The third kappa shape index (κ3) is 6.46. The van der Waals surface area contributed by atoms with E-state index in [0.29, 0.717) is 0 Å². The number of nitrogens with zero attached hydrogens (tertiary/aromatic N) is 2. The van der Waals surface area contributed by atoms with Crippen LogP contribution < -0.4 is 11.0 Å². The maximum atomic E-state index is 12.6. The molecule has 0 aliphatic carbocycles. The number of carboxylic acids is 1. The molecule has 0 radical (unpaired) electrons. The summed E-state index contributed by atoms with van der Waals surface area (Å²) in [6, 6.07) is 0. The third-order valence-corrected chi connectivity index (χ3v) is 5.08. The van der Waals surface area contributed by atoms with E-state index < -0.39 is 52.8 Å². The lowest BCUT2D eigenvalue weighted by Gasteiger charge is -2.22. The van der Waals surface area contributed by atoms with Crippen molar-refractivity contribution in [2.24, 2.45) is 0 Å². The minimum Gasteiger partial charge on any atom is -0.478 e. The molecule has 1 aromatic rings. The molecule has 0 saturated carbocycles. The molecular weight excluding hydrogens is 482 g/mol. The highest BCUT2D eigenvalue weighted by molar-refractivity contribution is 9.09. The van der Waals surface area contributed by atoms with Gasteiger partial charge in [-0.2, -0.15) is 4.98 Å². The number of alkyl halides is 1. The van der Waals surface area contributed by atoms with Crippen LogP contribution in [-0.4, -0.2) is 62.1 Å². The van der Waals surface area contributed by atoms with E-state index in [4.69, 9.17) is 19.3 Å². The van der Waals surface area contributed by atoms with Gasteiger partial charge in [0.25, 0.3) is 0 Å². The average Bonchev–Trinajstić information content (AvgIpc) is 2.94. The molecule has 0 aromatic carbocycles. The van der Waals surface area contributed by atoms with E-state index in [1.165, 1.54) is 27.0 Å². The molecule has 2 rings (SSSR count). The lowest BCUT2D eigenvalue weighted by molar-refractivity contribution is -0.153. The van der Waals surface area contributed by atoms with Crippen LogP contribution in [-0.2, 0) is 33.4 Å². The predicted octanol–water partition coefficient (Wildman–Crippen LogP) is 0.455. The van der Waals surface area contributed by atoms with E-state index >= 15 is 0 Å². The van der Waals surface area contributed by atoms with Crippen molar-refractivity contribution < 1.29 is 38.5 Å². The van der Waals surface area contributed by atoms with Crippen molar-refractivity contribution >= 4 is 51.6 Å². The standard InChI is InChI=1S/C18H20BrN3O9/c1-8(23)20-16-11(4-5-13(26)27)6-22(18(28)21-16)17-15(30-10(3)25)14(19)12(31-17)7-29-9(2)24/h4-6,12,14-15,17H,7H2,1-3H3,(H,26,27)(H,20,21,23,28)/b5-4+/t12-,14+,15-,17-/m1/s1. The Labute approximate surface area is 184 Å². The van der Waals surface area contributed by atoms with E-state index in [-0.39, 0.29) is 18.0 Å². The number of ether oxygens (including phenoxy) is 3. The zero-order chi connectivity index (χ0) is 23.3. The van der Waals surface area contributed by atoms with Crippen molar-refractivity contribution in [2.75, 3.05) is 11.9 Å². The van der Waals surface area contributed by atoms with Crippen LogP contribution in [0, 0.1) is 0 Å². The summed E-state index contributed by atoms with van der Waals surface area (Å²) < 4.78 is 17.1. The van der Waals surface area contributed by atoms with Crippen molar-refractivity contribution in [1.82, 2.24) is 9.55 Å². The molecule has 1 aliphatic heterocycles. The Morgan fingerprint density at radius 3 is 2.52 bits per heavy atom. The summed E-state index contributed by atoms with van der Waals surface area (Å²) in [7, 11) is 0. The number of hydrogen-bond acceptors (Lipinski definition) is 9. The molecule has 4 atom stereocenters. The fourth-order valence-corrected chi connectivity index (χ4v) is 3.43. The number of aliphatic carboxylic acids is 1. The Bertz CT molecular complexity index is 975. The van der Waals surface area contributed by atoms with Crippen LogP contribution in [0.25, 0.3) is 6.08 Å². The molecule has 0 bridgehead atoms. The van der Waals surface area contributed by atoms with E-state index in [1.54, 1.807) is 0 Å². The van der Waals surface area contributed by atoms with Crippen LogP contribution in [0.1, 0.15) is 32.6 Å². The first kappa shape index (κ1) is 24.2. The summed E-state index contributed by atoms with van der Waals surface area (Å²) in [5.74, 6) is -3.12. The highest BCUT2D eigenvalue weighted by atomic mass is 79.9. The highest BCUT2D eigenvalue weighted by Gasteiger charge is 2.47. The summed E-state index contributed by atoms with van der Waals surface area (Å²) in [4.78, 5) is 60.8. The SMILES string of the molecule is CC(=O)Nc1nc(=O)n([C@@H]2O[C@H](COC(C)=O)[C@H](Br)[C@H]2OC(C)=O)cc1/C=C/C(=O)O. The maximum Gasteiger partial charge on any atom is 0.351 e. The van der Waals surface area contributed by atoms with Gasteiger partial charge in [0.2, 0.25) is 5.91 Å². The van der Waals surface area contributed by atoms with Gasteiger partial charge in [-0.15, -0.1) is 0 Å². The molecule has 1 amide bonds. The van der Waals surface area contributed by atoms with Crippen LogP contribution in [0.3, 0.4) is 0 Å². The van der Waals surface area contributed by atoms with Crippen molar-refractivity contribution in [3.8, 4) is 0 Å². The van der Waals surface area contributed by atoms with Crippen molar-refractivity contribution in [3.63, 3.8) is 0 Å². The number of esters is 2. The topological polar surface area (TPSA) is 163 Å². The van der Waals surface area contributed by atoms with Gasteiger partial charge in [0.05, 0.1) is 4.83 Å². The van der Waals surface area contributed by atoms with Crippen molar-refractivity contribution in [2.45, 2.75) is 44.0 Å². The van der Waals surface area contributed by atoms with Crippen LogP contribution >= 0.6 is 15.9 Å².